The maximum Gasteiger partial charge on any atom is 0.168 e. The predicted molar refractivity (Wildman–Crippen MR) is 64.2 cm³/mol. The van der Waals surface area contributed by atoms with Crippen LogP contribution >= 0.6 is 15.9 Å². The Bertz CT molecular complexity index is 499. The summed E-state index contributed by atoms with van der Waals surface area (Å²) in [5.41, 5.74) is 1.58. The number of hydrogen-bond acceptors (Lipinski definition) is 3. The largest absolute Gasteiger partial charge is 0.294 e. The third-order valence-corrected chi connectivity index (χ3v) is 2.65. The Morgan fingerprint density at radius 2 is 2.12 bits per heavy atom. The Morgan fingerprint density at radius 3 is 2.81 bits per heavy atom. The fourth-order valence-corrected chi connectivity index (χ4v) is 1.84. The summed E-state index contributed by atoms with van der Waals surface area (Å²) in [7, 11) is 0. The van der Waals surface area contributed by atoms with E-state index in [4.69, 9.17) is 0 Å². The second kappa shape index (κ2) is 4.99. The highest BCUT2D eigenvalue weighted by Gasteiger charge is 2.07. The zero-order valence-electron chi connectivity index (χ0n) is 8.43. The topological polar surface area (TPSA) is 42.9 Å². The molecule has 4 heteroatoms. The first-order valence-electron chi connectivity index (χ1n) is 4.80. The average Bonchev–Trinajstić information content (AvgIpc) is 2.30. The van der Waals surface area contributed by atoms with Crippen molar-refractivity contribution in [2.75, 3.05) is 0 Å². The van der Waals surface area contributed by atoms with Crippen LogP contribution in [-0.2, 0) is 6.42 Å². The number of Topliss-reactive ketones (excluding diaryl/α,β-unsaturated/α-hetero) is 1. The van der Waals surface area contributed by atoms with Crippen LogP contribution in [0.25, 0.3) is 0 Å². The Hall–Kier alpha value is -1.55. The summed E-state index contributed by atoms with van der Waals surface area (Å²) in [6.07, 6.45) is 3.39. The molecular weight excluding hydrogens is 268 g/mol. The number of carbonyl (C=O) groups excluding carboxylic acids is 1. The SMILES string of the molecule is O=C(Cc1cccc(Br)c1)c1ccnnc1. The van der Waals surface area contributed by atoms with Crippen LogP contribution in [0.1, 0.15) is 15.9 Å². The number of carbonyl (C=O) groups is 1. The molecule has 0 saturated heterocycles. The van der Waals surface area contributed by atoms with Gasteiger partial charge in [-0.2, -0.15) is 10.2 Å². The molecule has 0 radical (unpaired) electrons. The van der Waals surface area contributed by atoms with Crippen LogP contribution < -0.4 is 0 Å². The summed E-state index contributed by atoms with van der Waals surface area (Å²) in [4.78, 5) is 11.8. The lowest BCUT2D eigenvalue weighted by Gasteiger charge is -2.01. The van der Waals surface area contributed by atoms with E-state index in [-0.39, 0.29) is 5.78 Å². The van der Waals surface area contributed by atoms with Gasteiger partial charge in [0.25, 0.3) is 0 Å². The van der Waals surface area contributed by atoms with Gasteiger partial charge >= 0.3 is 0 Å². The molecule has 2 aromatic rings. The third kappa shape index (κ3) is 2.73. The molecule has 80 valence electrons. The van der Waals surface area contributed by atoms with Crippen molar-refractivity contribution in [3.63, 3.8) is 0 Å². The summed E-state index contributed by atoms with van der Waals surface area (Å²) in [5.74, 6) is 0.0491. The van der Waals surface area contributed by atoms with Crippen LogP contribution in [0.2, 0.25) is 0 Å². The van der Waals surface area contributed by atoms with Crippen molar-refractivity contribution < 1.29 is 4.79 Å². The highest BCUT2D eigenvalue weighted by molar-refractivity contribution is 9.10. The summed E-state index contributed by atoms with van der Waals surface area (Å²) in [6, 6.07) is 9.39. The van der Waals surface area contributed by atoms with Crippen LogP contribution in [0.5, 0.6) is 0 Å². The van der Waals surface area contributed by atoms with Gasteiger partial charge in [-0.3, -0.25) is 4.79 Å². The first-order valence-corrected chi connectivity index (χ1v) is 5.59. The van der Waals surface area contributed by atoms with E-state index in [1.54, 1.807) is 6.07 Å². The molecule has 0 spiro atoms. The van der Waals surface area contributed by atoms with Gasteiger partial charge in [0, 0.05) is 16.5 Å². The van der Waals surface area contributed by atoms with E-state index in [1.807, 2.05) is 24.3 Å². The molecule has 0 fully saturated rings. The Morgan fingerprint density at radius 1 is 1.25 bits per heavy atom. The van der Waals surface area contributed by atoms with Crippen molar-refractivity contribution >= 4 is 21.7 Å². The van der Waals surface area contributed by atoms with Crippen LogP contribution in [0.3, 0.4) is 0 Å². The van der Waals surface area contributed by atoms with Gasteiger partial charge in [-0.1, -0.05) is 28.1 Å². The number of aromatic nitrogens is 2. The number of halogens is 1. The number of nitrogens with zero attached hydrogens (tertiary/aromatic N) is 2. The second-order valence-corrected chi connectivity index (χ2v) is 4.28. The lowest BCUT2D eigenvalue weighted by atomic mass is 10.1. The smallest absolute Gasteiger partial charge is 0.168 e. The molecule has 1 aromatic heterocycles. The van der Waals surface area contributed by atoms with Crippen LogP contribution in [0.15, 0.2) is 47.2 Å². The standard InChI is InChI=1S/C12H9BrN2O/c13-11-3-1-2-9(6-11)7-12(16)10-4-5-14-15-8-10/h1-6,8H,7H2. The zero-order valence-corrected chi connectivity index (χ0v) is 10.0. The number of hydrogen-bond donors (Lipinski definition) is 0. The monoisotopic (exact) mass is 276 g/mol. The van der Waals surface area contributed by atoms with Gasteiger partial charge in [0.15, 0.2) is 5.78 Å². The molecule has 3 nitrogen and oxygen atoms in total. The van der Waals surface area contributed by atoms with Gasteiger partial charge in [-0.25, -0.2) is 0 Å². The summed E-state index contributed by atoms with van der Waals surface area (Å²) in [5, 5.41) is 7.32. The van der Waals surface area contributed by atoms with E-state index in [2.05, 4.69) is 26.1 Å². The van der Waals surface area contributed by atoms with E-state index in [0.29, 0.717) is 12.0 Å². The van der Waals surface area contributed by atoms with Crippen molar-refractivity contribution in [3.05, 3.63) is 58.3 Å². The van der Waals surface area contributed by atoms with E-state index >= 15 is 0 Å². The normalized spacial score (nSPS) is 10.1. The molecule has 2 rings (SSSR count). The molecule has 1 aromatic carbocycles. The molecule has 16 heavy (non-hydrogen) atoms. The molecule has 0 atom stereocenters. The maximum absolute atomic E-state index is 11.8. The first-order chi connectivity index (χ1) is 7.75. The van der Waals surface area contributed by atoms with Gasteiger partial charge in [0.2, 0.25) is 0 Å². The second-order valence-electron chi connectivity index (χ2n) is 3.36. The Balaban J connectivity index is 2.14. The molecule has 0 amide bonds. The molecule has 0 aliphatic heterocycles. The maximum atomic E-state index is 11.8. The van der Waals surface area contributed by atoms with Gasteiger partial charge in [-0.15, -0.1) is 0 Å². The van der Waals surface area contributed by atoms with E-state index in [9.17, 15) is 4.79 Å². The van der Waals surface area contributed by atoms with Gasteiger partial charge in [0.1, 0.15) is 0 Å². The fourth-order valence-electron chi connectivity index (χ4n) is 1.39. The summed E-state index contributed by atoms with van der Waals surface area (Å²) < 4.78 is 0.977. The third-order valence-electron chi connectivity index (χ3n) is 2.16. The van der Waals surface area contributed by atoms with Crippen molar-refractivity contribution in [1.29, 1.82) is 0 Å². The van der Waals surface area contributed by atoms with E-state index in [0.717, 1.165) is 10.0 Å². The molecule has 0 aliphatic carbocycles. The minimum atomic E-state index is 0.0491. The highest BCUT2D eigenvalue weighted by Crippen LogP contribution is 2.13. The summed E-state index contributed by atoms with van der Waals surface area (Å²) >= 11 is 3.37. The fraction of sp³-hybridized carbons (Fsp3) is 0.0833. The molecule has 0 aliphatic rings. The van der Waals surface area contributed by atoms with Gasteiger partial charge in [-0.05, 0) is 23.8 Å². The van der Waals surface area contributed by atoms with Crippen molar-refractivity contribution in [1.82, 2.24) is 10.2 Å². The highest BCUT2D eigenvalue weighted by atomic mass is 79.9. The van der Waals surface area contributed by atoms with Crippen molar-refractivity contribution in [2.45, 2.75) is 6.42 Å². The Kier molecular flexibility index (Phi) is 3.41. The first kappa shape index (κ1) is 11.0. The van der Waals surface area contributed by atoms with Gasteiger partial charge < -0.3 is 0 Å². The zero-order chi connectivity index (χ0) is 11.4. The molecular formula is C12H9BrN2O. The van der Waals surface area contributed by atoms with Crippen LogP contribution in [0.4, 0.5) is 0 Å². The lowest BCUT2D eigenvalue weighted by molar-refractivity contribution is 0.0992. The molecule has 0 saturated carbocycles. The van der Waals surface area contributed by atoms with Crippen molar-refractivity contribution in [3.8, 4) is 0 Å². The quantitative estimate of drug-likeness (QED) is 0.810. The Labute approximate surface area is 102 Å². The van der Waals surface area contributed by atoms with E-state index < -0.39 is 0 Å². The predicted octanol–water partition coefficient (Wildman–Crippen LogP) is 2.66. The van der Waals surface area contributed by atoms with Crippen molar-refractivity contribution in [2.24, 2.45) is 0 Å². The molecule has 0 unspecified atom stereocenters. The molecule has 1 heterocycles. The number of rotatable bonds is 3. The number of ketones is 1. The summed E-state index contributed by atoms with van der Waals surface area (Å²) in [6.45, 7) is 0. The number of benzene rings is 1. The molecule has 0 bridgehead atoms. The van der Waals surface area contributed by atoms with Crippen LogP contribution in [-0.4, -0.2) is 16.0 Å². The minimum absolute atomic E-state index is 0.0491. The average molecular weight is 277 g/mol. The molecule has 0 N–H and O–H groups in total. The minimum Gasteiger partial charge on any atom is -0.294 e. The van der Waals surface area contributed by atoms with E-state index in [1.165, 1.54) is 12.4 Å². The lowest BCUT2D eigenvalue weighted by Crippen LogP contribution is -2.04. The van der Waals surface area contributed by atoms with Gasteiger partial charge in [0.05, 0.1) is 12.4 Å². The van der Waals surface area contributed by atoms with Crippen LogP contribution in [0, 0.1) is 0 Å².